The van der Waals surface area contributed by atoms with Crippen LogP contribution in [0.5, 0.6) is 0 Å². The summed E-state index contributed by atoms with van der Waals surface area (Å²) in [5.41, 5.74) is 6.78. The van der Waals surface area contributed by atoms with E-state index in [0.717, 1.165) is 5.52 Å². The fraction of sp³-hybridized carbons (Fsp3) is 0.267. The number of fused-ring (bicyclic) bond motifs is 1. The summed E-state index contributed by atoms with van der Waals surface area (Å²) in [5.74, 6) is 5.78. The van der Waals surface area contributed by atoms with Gasteiger partial charge in [0.25, 0.3) is 0 Å². The van der Waals surface area contributed by atoms with E-state index in [0.29, 0.717) is 21.8 Å². The molecule has 1 fully saturated rings. The first-order valence-corrected chi connectivity index (χ1v) is 7.36. The minimum absolute atomic E-state index is 0.216. The lowest BCUT2D eigenvalue weighted by Crippen LogP contribution is -2.49. The van der Waals surface area contributed by atoms with Gasteiger partial charge in [-0.15, -0.1) is 0 Å². The van der Waals surface area contributed by atoms with Crippen LogP contribution in [0.4, 0.5) is 10.6 Å². The zero-order valence-electron chi connectivity index (χ0n) is 12.4. The van der Waals surface area contributed by atoms with Crippen LogP contribution in [-0.4, -0.2) is 34.8 Å². The minimum Gasteiger partial charge on any atom is -0.320 e. The van der Waals surface area contributed by atoms with E-state index in [1.165, 1.54) is 4.90 Å². The van der Waals surface area contributed by atoms with Gasteiger partial charge in [0.05, 0.1) is 22.5 Å². The molecule has 3 amide bonds. The van der Waals surface area contributed by atoms with Crippen molar-refractivity contribution >= 4 is 40.3 Å². The third-order valence-electron chi connectivity index (χ3n) is 3.57. The van der Waals surface area contributed by atoms with Crippen LogP contribution in [0, 0.1) is 11.8 Å². The second kappa shape index (κ2) is 5.91. The Morgan fingerprint density at radius 1 is 1.43 bits per heavy atom. The highest BCUT2D eigenvalue weighted by Crippen LogP contribution is 2.35. The third kappa shape index (κ3) is 2.63. The van der Waals surface area contributed by atoms with Gasteiger partial charge in [-0.2, -0.15) is 5.10 Å². The number of carbonyl (C=O) groups excluding carboxylic acids is 2. The first-order valence-electron chi connectivity index (χ1n) is 6.98. The molecule has 1 saturated heterocycles. The van der Waals surface area contributed by atoms with Gasteiger partial charge >= 0.3 is 6.03 Å². The molecule has 0 spiro atoms. The fourth-order valence-electron chi connectivity index (χ4n) is 2.49. The van der Waals surface area contributed by atoms with E-state index in [9.17, 15) is 9.59 Å². The van der Waals surface area contributed by atoms with Gasteiger partial charge in [0, 0.05) is 25.6 Å². The summed E-state index contributed by atoms with van der Waals surface area (Å²) in [5, 5.41) is 7.71. The predicted octanol–water partition coefficient (Wildman–Crippen LogP) is 0.983. The monoisotopic (exact) mass is 331 g/mol. The van der Waals surface area contributed by atoms with E-state index in [1.54, 1.807) is 17.8 Å². The number of aromatic nitrogens is 2. The molecule has 0 atom stereocenters. The number of urea groups is 1. The van der Waals surface area contributed by atoms with Gasteiger partial charge in [0.1, 0.15) is 0 Å². The Morgan fingerprint density at radius 3 is 2.91 bits per heavy atom. The summed E-state index contributed by atoms with van der Waals surface area (Å²) >= 11 is 6.47. The van der Waals surface area contributed by atoms with Crippen LogP contribution in [-0.2, 0) is 11.8 Å². The molecule has 3 N–H and O–H groups in total. The maximum atomic E-state index is 12.1. The SMILES string of the molecule is Cn1nc(N2CCC(=O)NC2=O)c2c(Cl)c(C#CCN)ccc21. The minimum atomic E-state index is -0.504. The van der Waals surface area contributed by atoms with E-state index in [1.807, 2.05) is 6.07 Å². The van der Waals surface area contributed by atoms with Crippen LogP contribution in [0.1, 0.15) is 12.0 Å². The Labute approximate surface area is 137 Å². The van der Waals surface area contributed by atoms with Gasteiger partial charge < -0.3 is 5.73 Å². The van der Waals surface area contributed by atoms with Crippen LogP contribution in [0.3, 0.4) is 0 Å². The van der Waals surface area contributed by atoms with Crippen LogP contribution in [0.25, 0.3) is 10.9 Å². The molecule has 1 aromatic heterocycles. The quantitative estimate of drug-likeness (QED) is 0.762. The number of amides is 3. The first-order chi connectivity index (χ1) is 11.0. The molecule has 8 heteroatoms. The highest BCUT2D eigenvalue weighted by Gasteiger charge is 2.29. The number of imide groups is 1. The molecule has 0 radical (unpaired) electrons. The number of carbonyl (C=O) groups is 2. The number of benzene rings is 1. The summed E-state index contributed by atoms with van der Waals surface area (Å²) < 4.78 is 1.64. The van der Waals surface area contributed by atoms with Gasteiger partial charge in [-0.25, -0.2) is 4.79 Å². The molecular formula is C15H14ClN5O2. The van der Waals surface area contributed by atoms with Gasteiger partial charge in [0.2, 0.25) is 5.91 Å². The molecule has 23 heavy (non-hydrogen) atoms. The number of halogens is 1. The van der Waals surface area contributed by atoms with Crippen molar-refractivity contribution in [2.45, 2.75) is 6.42 Å². The van der Waals surface area contributed by atoms with Gasteiger partial charge in [-0.1, -0.05) is 23.4 Å². The summed E-state index contributed by atoms with van der Waals surface area (Å²) in [7, 11) is 1.76. The number of hydrogen-bond donors (Lipinski definition) is 2. The molecule has 1 aromatic carbocycles. The summed E-state index contributed by atoms with van der Waals surface area (Å²) in [6, 6.07) is 3.12. The van der Waals surface area contributed by atoms with E-state index < -0.39 is 6.03 Å². The molecule has 2 heterocycles. The second-order valence-corrected chi connectivity index (χ2v) is 5.41. The van der Waals surface area contributed by atoms with Crippen molar-refractivity contribution in [2.75, 3.05) is 18.0 Å². The van der Waals surface area contributed by atoms with Crippen molar-refractivity contribution in [3.8, 4) is 11.8 Å². The van der Waals surface area contributed by atoms with Crippen molar-refractivity contribution in [1.29, 1.82) is 0 Å². The highest BCUT2D eigenvalue weighted by atomic mass is 35.5. The standard InChI is InChI=1S/C15H14ClN5O2/c1-20-10-5-4-9(3-2-7-17)13(16)12(10)14(19-20)21-8-6-11(22)18-15(21)23/h4-5H,6-8,17H2,1H3,(H,18,22,23). The summed E-state index contributed by atoms with van der Waals surface area (Å²) in [6.07, 6.45) is 0.216. The Balaban J connectivity index is 2.17. The Hall–Kier alpha value is -2.56. The molecule has 1 aliphatic rings. The number of rotatable bonds is 1. The molecule has 118 valence electrons. The van der Waals surface area contributed by atoms with Crippen LogP contribution >= 0.6 is 11.6 Å². The topological polar surface area (TPSA) is 93.2 Å². The number of nitrogens with two attached hydrogens (primary N) is 1. The molecule has 0 bridgehead atoms. The van der Waals surface area contributed by atoms with E-state index in [4.69, 9.17) is 17.3 Å². The fourth-order valence-corrected chi connectivity index (χ4v) is 2.78. The lowest BCUT2D eigenvalue weighted by Gasteiger charge is -2.24. The molecule has 0 saturated carbocycles. The lowest BCUT2D eigenvalue weighted by atomic mass is 10.1. The van der Waals surface area contributed by atoms with Gasteiger partial charge in [-0.05, 0) is 12.1 Å². The average molecular weight is 332 g/mol. The van der Waals surface area contributed by atoms with Crippen LogP contribution in [0.15, 0.2) is 12.1 Å². The molecule has 0 aliphatic carbocycles. The zero-order valence-corrected chi connectivity index (χ0v) is 13.1. The zero-order chi connectivity index (χ0) is 16.6. The van der Waals surface area contributed by atoms with E-state index >= 15 is 0 Å². The molecule has 1 aliphatic heterocycles. The predicted molar refractivity (Wildman–Crippen MR) is 87.2 cm³/mol. The number of aryl methyl sites for hydroxylation is 1. The number of hydrogen-bond acceptors (Lipinski definition) is 4. The molecule has 7 nitrogen and oxygen atoms in total. The molecule has 0 unspecified atom stereocenters. The van der Waals surface area contributed by atoms with Crippen molar-refractivity contribution in [3.05, 3.63) is 22.7 Å². The maximum Gasteiger partial charge on any atom is 0.329 e. The Kier molecular flexibility index (Phi) is 3.94. The third-order valence-corrected chi connectivity index (χ3v) is 3.96. The average Bonchev–Trinajstić information content (AvgIpc) is 2.84. The van der Waals surface area contributed by atoms with Gasteiger partial charge in [-0.3, -0.25) is 19.7 Å². The van der Waals surface area contributed by atoms with E-state index in [2.05, 4.69) is 22.3 Å². The van der Waals surface area contributed by atoms with Crippen molar-refractivity contribution in [3.63, 3.8) is 0 Å². The van der Waals surface area contributed by atoms with Crippen LogP contribution < -0.4 is 16.0 Å². The summed E-state index contributed by atoms with van der Waals surface area (Å²) in [6.45, 7) is 0.483. The Bertz CT molecular complexity index is 877. The number of nitrogens with one attached hydrogen (secondary N) is 1. The molecule has 2 aromatic rings. The first kappa shape index (κ1) is 15.3. The lowest BCUT2D eigenvalue weighted by molar-refractivity contribution is -0.120. The smallest absolute Gasteiger partial charge is 0.320 e. The normalized spacial score (nSPS) is 14.7. The van der Waals surface area contributed by atoms with E-state index in [-0.39, 0.29) is 25.4 Å². The van der Waals surface area contributed by atoms with Crippen molar-refractivity contribution in [2.24, 2.45) is 12.8 Å². The Morgan fingerprint density at radius 2 is 2.22 bits per heavy atom. The molecule has 3 rings (SSSR count). The largest absolute Gasteiger partial charge is 0.329 e. The molecular weight excluding hydrogens is 318 g/mol. The number of nitrogens with zero attached hydrogens (tertiary/aromatic N) is 3. The highest BCUT2D eigenvalue weighted by molar-refractivity contribution is 6.38. The van der Waals surface area contributed by atoms with Crippen molar-refractivity contribution < 1.29 is 9.59 Å². The van der Waals surface area contributed by atoms with Crippen LogP contribution in [0.2, 0.25) is 5.02 Å². The second-order valence-electron chi connectivity index (χ2n) is 5.03. The van der Waals surface area contributed by atoms with Crippen molar-refractivity contribution in [1.82, 2.24) is 15.1 Å². The number of anilines is 1. The van der Waals surface area contributed by atoms with Gasteiger partial charge in [0.15, 0.2) is 5.82 Å². The summed E-state index contributed by atoms with van der Waals surface area (Å²) in [4.78, 5) is 24.8. The maximum absolute atomic E-state index is 12.1.